The van der Waals surface area contributed by atoms with Gasteiger partial charge in [-0.2, -0.15) is 0 Å². The van der Waals surface area contributed by atoms with Crippen LogP contribution in [0.25, 0.3) is 0 Å². The fraction of sp³-hybridized carbons (Fsp3) is 0.667. The molecule has 0 unspecified atom stereocenters. The van der Waals surface area contributed by atoms with Gasteiger partial charge < -0.3 is 19.3 Å². The smallest absolute Gasteiger partial charge is 0.320 e. The van der Waals surface area contributed by atoms with Crippen molar-refractivity contribution in [3.63, 3.8) is 0 Å². The van der Waals surface area contributed by atoms with Crippen molar-refractivity contribution in [2.75, 3.05) is 13.2 Å². The number of benzene rings is 1. The van der Waals surface area contributed by atoms with Gasteiger partial charge in [-0.15, -0.1) is 0 Å². The van der Waals surface area contributed by atoms with Crippen LogP contribution in [0, 0.1) is 11.8 Å². The van der Waals surface area contributed by atoms with E-state index in [2.05, 4.69) is 0 Å². The second-order valence-corrected chi connectivity index (χ2v) is 9.58. The van der Waals surface area contributed by atoms with E-state index in [1.807, 2.05) is 30.3 Å². The van der Waals surface area contributed by atoms with Crippen molar-refractivity contribution < 1.29 is 28.9 Å². The molecule has 0 saturated carbocycles. The van der Waals surface area contributed by atoms with Crippen molar-refractivity contribution in [1.29, 1.82) is 0 Å². The van der Waals surface area contributed by atoms with Crippen molar-refractivity contribution in [2.45, 2.75) is 78.6 Å². The van der Waals surface area contributed by atoms with Gasteiger partial charge in [0.15, 0.2) is 5.92 Å². The third-order valence-electron chi connectivity index (χ3n) is 4.22. The second kappa shape index (κ2) is 12.1. The Morgan fingerprint density at radius 2 is 1.47 bits per heavy atom. The van der Waals surface area contributed by atoms with Gasteiger partial charge in [0.1, 0.15) is 11.2 Å². The number of hydrogen-bond acceptors (Lipinski definition) is 6. The summed E-state index contributed by atoms with van der Waals surface area (Å²) in [7, 11) is 0. The van der Waals surface area contributed by atoms with Crippen LogP contribution in [0.15, 0.2) is 30.3 Å². The molecule has 1 rings (SSSR count). The van der Waals surface area contributed by atoms with E-state index in [0.717, 1.165) is 5.56 Å². The Bertz CT molecular complexity index is 614. The monoisotopic (exact) mass is 422 g/mol. The van der Waals surface area contributed by atoms with Crippen molar-refractivity contribution in [3.05, 3.63) is 35.9 Å². The van der Waals surface area contributed by atoms with Gasteiger partial charge in [0.25, 0.3) is 0 Å². The molecule has 170 valence electrons. The Morgan fingerprint density at radius 1 is 0.933 bits per heavy atom. The molecule has 6 nitrogen and oxygen atoms in total. The summed E-state index contributed by atoms with van der Waals surface area (Å²) in [6.45, 7) is 11.5. The Hall–Kier alpha value is -1.92. The highest BCUT2D eigenvalue weighted by Gasteiger charge is 2.36. The lowest BCUT2D eigenvalue weighted by atomic mass is 9.91. The molecule has 0 saturated heterocycles. The summed E-state index contributed by atoms with van der Waals surface area (Å²) >= 11 is 0. The van der Waals surface area contributed by atoms with Gasteiger partial charge in [0.2, 0.25) is 0 Å². The Labute approximate surface area is 180 Å². The fourth-order valence-electron chi connectivity index (χ4n) is 2.89. The third kappa shape index (κ3) is 11.3. The largest absolute Gasteiger partial charge is 0.459 e. The number of carbonyl (C=O) groups is 2. The number of aliphatic hydroxyl groups excluding tert-OH is 1. The van der Waals surface area contributed by atoms with Gasteiger partial charge in [0, 0.05) is 13.2 Å². The summed E-state index contributed by atoms with van der Waals surface area (Å²) in [5, 5.41) is 9.79. The van der Waals surface area contributed by atoms with Crippen LogP contribution >= 0.6 is 0 Å². The molecule has 0 aliphatic carbocycles. The van der Waals surface area contributed by atoms with E-state index < -0.39 is 29.1 Å². The van der Waals surface area contributed by atoms with E-state index in [9.17, 15) is 14.7 Å². The Kier molecular flexibility index (Phi) is 10.5. The van der Waals surface area contributed by atoms with Crippen molar-refractivity contribution in [2.24, 2.45) is 11.8 Å². The Morgan fingerprint density at radius 3 is 1.93 bits per heavy atom. The van der Waals surface area contributed by atoms with E-state index in [-0.39, 0.29) is 18.9 Å². The maximum atomic E-state index is 12.6. The molecule has 0 fully saturated rings. The first-order chi connectivity index (χ1) is 13.9. The first-order valence-corrected chi connectivity index (χ1v) is 10.6. The summed E-state index contributed by atoms with van der Waals surface area (Å²) in [4.78, 5) is 25.3. The molecule has 0 spiro atoms. The molecule has 0 aromatic heterocycles. The average Bonchev–Trinajstić information content (AvgIpc) is 2.61. The van der Waals surface area contributed by atoms with Crippen molar-refractivity contribution in [1.82, 2.24) is 0 Å². The zero-order valence-electron chi connectivity index (χ0n) is 19.3. The van der Waals surface area contributed by atoms with Gasteiger partial charge in [0.05, 0.1) is 6.61 Å². The molecule has 0 bridgehead atoms. The summed E-state index contributed by atoms with van der Waals surface area (Å²) in [6, 6.07) is 9.90. The Balaban J connectivity index is 2.62. The van der Waals surface area contributed by atoms with E-state index in [4.69, 9.17) is 14.2 Å². The van der Waals surface area contributed by atoms with Crippen LogP contribution < -0.4 is 0 Å². The molecule has 0 aliphatic rings. The molecule has 0 aliphatic heterocycles. The highest BCUT2D eigenvalue weighted by molar-refractivity contribution is 5.95. The summed E-state index contributed by atoms with van der Waals surface area (Å²) in [6.07, 6.45) is 1.53. The number of carbonyl (C=O) groups excluding carboxylic acids is 2. The van der Waals surface area contributed by atoms with Crippen molar-refractivity contribution >= 4 is 11.9 Å². The molecule has 6 heteroatoms. The molecule has 0 heterocycles. The van der Waals surface area contributed by atoms with E-state index in [1.54, 1.807) is 41.5 Å². The molecule has 1 aromatic carbocycles. The number of ether oxygens (including phenoxy) is 3. The molecule has 1 atom stereocenters. The van der Waals surface area contributed by atoms with Crippen LogP contribution in [0.3, 0.4) is 0 Å². The van der Waals surface area contributed by atoms with Gasteiger partial charge in [-0.3, -0.25) is 9.59 Å². The summed E-state index contributed by atoms with van der Waals surface area (Å²) < 4.78 is 16.5. The van der Waals surface area contributed by atoms with Crippen LogP contribution in [0.2, 0.25) is 0 Å². The topological polar surface area (TPSA) is 82.1 Å². The van der Waals surface area contributed by atoms with Crippen LogP contribution in [0.1, 0.15) is 66.4 Å². The van der Waals surface area contributed by atoms with Crippen LogP contribution in [-0.4, -0.2) is 41.5 Å². The lowest BCUT2D eigenvalue weighted by Gasteiger charge is -2.28. The SMILES string of the molecule is CC(C)(C)OC(=O)C(C[C@@H](CO)CCCOCc1ccccc1)C(=O)OC(C)(C)C. The number of hydrogen-bond donors (Lipinski definition) is 1. The van der Waals surface area contributed by atoms with E-state index >= 15 is 0 Å². The lowest BCUT2D eigenvalue weighted by Crippen LogP contribution is -2.38. The highest BCUT2D eigenvalue weighted by Crippen LogP contribution is 2.24. The first kappa shape index (κ1) is 26.1. The van der Waals surface area contributed by atoms with Crippen LogP contribution in [0.4, 0.5) is 0 Å². The first-order valence-electron chi connectivity index (χ1n) is 10.6. The maximum absolute atomic E-state index is 12.6. The molecular formula is C24H38O6. The zero-order chi connectivity index (χ0) is 22.8. The predicted molar refractivity (Wildman–Crippen MR) is 116 cm³/mol. The summed E-state index contributed by atoms with van der Waals surface area (Å²) in [5.74, 6) is -2.52. The maximum Gasteiger partial charge on any atom is 0.320 e. The van der Waals surface area contributed by atoms with Gasteiger partial charge in [-0.05, 0) is 72.3 Å². The standard InChI is InChI=1S/C24H38O6/c1-23(2,3)29-21(26)20(22(27)30-24(4,5)6)15-19(16-25)13-10-14-28-17-18-11-8-7-9-12-18/h7-9,11-12,19-20,25H,10,13-17H2,1-6H3/t19-/m0/s1. The van der Waals surface area contributed by atoms with Gasteiger partial charge >= 0.3 is 11.9 Å². The predicted octanol–water partition coefficient (Wildman–Crippen LogP) is 4.28. The number of rotatable bonds is 11. The number of esters is 2. The molecule has 1 aromatic rings. The minimum atomic E-state index is -1.06. The zero-order valence-corrected chi connectivity index (χ0v) is 19.3. The second-order valence-electron chi connectivity index (χ2n) is 9.58. The van der Waals surface area contributed by atoms with Crippen molar-refractivity contribution in [3.8, 4) is 0 Å². The molecule has 0 amide bonds. The number of aliphatic hydroxyl groups is 1. The highest BCUT2D eigenvalue weighted by atomic mass is 16.6. The minimum Gasteiger partial charge on any atom is -0.459 e. The summed E-state index contributed by atoms with van der Waals surface area (Å²) in [5.41, 5.74) is -0.319. The normalized spacial score (nSPS) is 13.2. The molecule has 30 heavy (non-hydrogen) atoms. The third-order valence-corrected chi connectivity index (χ3v) is 4.22. The quantitative estimate of drug-likeness (QED) is 0.326. The molecule has 0 radical (unpaired) electrons. The fourth-order valence-corrected chi connectivity index (χ4v) is 2.89. The van der Waals surface area contributed by atoms with Crippen LogP contribution in [-0.2, 0) is 30.4 Å². The van der Waals surface area contributed by atoms with Gasteiger partial charge in [-0.25, -0.2) is 0 Å². The lowest BCUT2D eigenvalue weighted by molar-refractivity contribution is -0.175. The van der Waals surface area contributed by atoms with Gasteiger partial charge in [-0.1, -0.05) is 30.3 Å². The van der Waals surface area contributed by atoms with E-state index in [0.29, 0.717) is 26.1 Å². The van der Waals surface area contributed by atoms with E-state index in [1.165, 1.54) is 0 Å². The average molecular weight is 423 g/mol. The molecular weight excluding hydrogens is 384 g/mol. The molecule has 1 N–H and O–H groups in total. The minimum absolute atomic E-state index is 0.124. The van der Waals surface area contributed by atoms with Crippen LogP contribution in [0.5, 0.6) is 0 Å².